The van der Waals surface area contributed by atoms with E-state index in [0.717, 1.165) is 10.0 Å². The predicted molar refractivity (Wildman–Crippen MR) is 84.2 cm³/mol. The molecule has 0 saturated heterocycles. The van der Waals surface area contributed by atoms with Crippen LogP contribution in [0.15, 0.2) is 45.3 Å². The third-order valence-corrected chi connectivity index (χ3v) is 4.77. The van der Waals surface area contributed by atoms with E-state index >= 15 is 0 Å². The molecule has 0 aliphatic heterocycles. The van der Waals surface area contributed by atoms with Gasteiger partial charge in [0, 0.05) is 14.5 Å². The van der Waals surface area contributed by atoms with E-state index in [1.807, 2.05) is 24.3 Å². The van der Waals surface area contributed by atoms with Crippen molar-refractivity contribution >= 4 is 43.5 Å². The first-order valence-electron chi connectivity index (χ1n) is 5.60. The van der Waals surface area contributed by atoms with Gasteiger partial charge in [-0.3, -0.25) is 0 Å². The summed E-state index contributed by atoms with van der Waals surface area (Å²) >= 11 is 12.8. The van der Waals surface area contributed by atoms with Gasteiger partial charge in [-0.25, -0.2) is 4.39 Å². The van der Waals surface area contributed by atoms with Crippen LogP contribution in [0, 0.1) is 5.82 Å². The third kappa shape index (κ3) is 3.19. The minimum atomic E-state index is -0.300. The van der Waals surface area contributed by atoms with Crippen molar-refractivity contribution in [1.82, 2.24) is 5.32 Å². The van der Waals surface area contributed by atoms with Crippen LogP contribution in [0.3, 0.4) is 0 Å². The first-order valence-corrected chi connectivity index (χ1v) is 7.57. The minimum absolute atomic E-state index is 0.263. The summed E-state index contributed by atoms with van der Waals surface area (Å²) in [5.74, 6) is -0.300. The highest BCUT2D eigenvalue weighted by molar-refractivity contribution is 9.10. The Bertz CT molecular complexity index is 604. The van der Waals surface area contributed by atoms with E-state index < -0.39 is 0 Å². The molecular weight excluding hydrogens is 396 g/mol. The molecule has 5 heteroatoms. The second-order valence-corrected chi connectivity index (χ2v) is 6.15. The predicted octanol–water partition coefficient (Wildman–Crippen LogP) is 5.31. The molecule has 0 bridgehead atoms. The monoisotopic (exact) mass is 405 g/mol. The molecule has 0 radical (unpaired) electrons. The Hall–Kier alpha value is -0.420. The molecule has 2 aromatic rings. The minimum Gasteiger partial charge on any atom is -0.309 e. The van der Waals surface area contributed by atoms with Gasteiger partial charge in [0.1, 0.15) is 5.82 Å². The maximum absolute atomic E-state index is 14.1. The summed E-state index contributed by atoms with van der Waals surface area (Å²) in [4.78, 5) is 0. The molecule has 100 valence electrons. The van der Waals surface area contributed by atoms with Gasteiger partial charge in [-0.15, -0.1) is 0 Å². The van der Waals surface area contributed by atoms with Crippen LogP contribution < -0.4 is 5.32 Å². The summed E-state index contributed by atoms with van der Waals surface area (Å²) in [6, 6.07) is 10.5. The lowest BCUT2D eigenvalue weighted by atomic mass is 9.98. The van der Waals surface area contributed by atoms with Crippen molar-refractivity contribution in [3.05, 3.63) is 67.3 Å². The van der Waals surface area contributed by atoms with E-state index in [4.69, 9.17) is 11.6 Å². The molecule has 2 aromatic carbocycles. The van der Waals surface area contributed by atoms with Gasteiger partial charge >= 0.3 is 0 Å². The fourth-order valence-electron chi connectivity index (χ4n) is 1.95. The largest absolute Gasteiger partial charge is 0.309 e. The van der Waals surface area contributed by atoms with Gasteiger partial charge < -0.3 is 5.32 Å². The first-order chi connectivity index (χ1) is 9.04. The van der Waals surface area contributed by atoms with E-state index in [1.54, 1.807) is 13.1 Å². The maximum Gasteiger partial charge on any atom is 0.129 e. The molecule has 0 heterocycles. The van der Waals surface area contributed by atoms with Gasteiger partial charge in [0.05, 0.1) is 11.1 Å². The molecule has 2 rings (SSSR count). The molecule has 0 amide bonds. The molecule has 0 saturated carbocycles. The van der Waals surface area contributed by atoms with Crippen LogP contribution in [0.2, 0.25) is 5.02 Å². The van der Waals surface area contributed by atoms with Crippen molar-refractivity contribution in [3.8, 4) is 0 Å². The van der Waals surface area contributed by atoms with Gasteiger partial charge in [-0.2, -0.15) is 0 Å². The number of benzene rings is 2. The second-order valence-electron chi connectivity index (χ2n) is 4.03. The molecule has 0 aliphatic carbocycles. The van der Waals surface area contributed by atoms with Crippen LogP contribution in [0.4, 0.5) is 4.39 Å². The summed E-state index contributed by atoms with van der Waals surface area (Å²) in [5.41, 5.74) is 1.48. The maximum atomic E-state index is 14.1. The lowest BCUT2D eigenvalue weighted by Gasteiger charge is -2.20. The fraction of sp³-hybridized carbons (Fsp3) is 0.143. The molecule has 1 atom stereocenters. The van der Waals surface area contributed by atoms with Crippen LogP contribution in [0.5, 0.6) is 0 Å². The van der Waals surface area contributed by atoms with E-state index in [0.29, 0.717) is 15.1 Å². The van der Waals surface area contributed by atoms with E-state index in [-0.39, 0.29) is 11.9 Å². The zero-order chi connectivity index (χ0) is 14.0. The molecule has 0 aromatic heterocycles. The second kappa shape index (κ2) is 6.35. The Morgan fingerprint density at radius 2 is 1.79 bits per heavy atom. The van der Waals surface area contributed by atoms with Crippen molar-refractivity contribution < 1.29 is 4.39 Å². The highest BCUT2D eigenvalue weighted by Crippen LogP contribution is 2.33. The van der Waals surface area contributed by atoms with Crippen molar-refractivity contribution in [2.24, 2.45) is 0 Å². The Morgan fingerprint density at radius 3 is 2.42 bits per heavy atom. The topological polar surface area (TPSA) is 12.0 Å². The van der Waals surface area contributed by atoms with Crippen molar-refractivity contribution in [3.63, 3.8) is 0 Å². The van der Waals surface area contributed by atoms with E-state index in [2.05, 4.69) is 37.2 Å². The average molecular weight is 408 g/mol. The normalized spacial score (nSPS) is 12.5. The number of hydrogen-bond acceptors (Lipinski definition) is 1. The van der Waals surface area contributed by atoms with Crippen LogP contribution in [0.25, 0.3) is 0 Å². The Labute approximate surface area is 133 Å². The van der Waals surface area contributed by atoms with Crippen molar-refractivity contribution in [2.75, 3.05) is 7.05 Å². The fourth-order valence-corrected chi connectivity index (χ4v) is 2.95. The standard InChI is InChI=1S/C14H11Br2ClFN/c1-19-14(8-4-2-3-5-10(8)15)9-6-12(17)11(16)7-13(9)18/h2-7,14,19H,1H3. The van der Waals surface area contributed by atoms with E-state index in [1.165, 1.54) is 6.07 Å². The van der Waals surface area contributed by atoms with Crippen LogP contribution >= 0.6 is 43.5 Å². The van der Waals surface area contributed by atoms with Gasteiger partial charge in [0.15, 0.2) is 0 Å². The van der Waals surface area contributed by atoms with Crippen LogP contribution in [-0.2, 0) is 0 Å². The molecular formula is C14H11Br2ClFN. The first kappa shape index (κ1) is 15.0. The number of halogens is 4. The summed E-state index contributed by atoms with van der Waals surface area (Å²) in [6.07, 6.45) is 0. The van der Waals surface area contributed by atoms with Gasteiger partial charge in [0.25, 0.3) is 0 Å². The molecule has 0 spiro atoms. The van der Waals surface area contributed by atoms with Gasteiger partial charge in [0.2, 0.25) is 0 Å². The highest BCUT2D eigenvalue weighted by atomic mass is 79.9. The molecule has 1 nitrogen and oxygen atoms in total. The molecule has 0 aliphatic rings. The summed E-state index contributed by atoms with van der Waals surface area (Å²) in [5, 5.41) is 3.61. The Kier molecular flexibility index (Phi) is 5.01. The number of nitrogens with one attached hydrogen (secondary N) is 1. The third-order valence-electron chi connectivity index (χ3n) is 2.86. The summed E-state index contributed by atoms with van der Waals surface area (Å²) in [6.45, 7) is 0. The smallest absolute Gasteiger partial charge is 0.129 e. The van der Waals surface area contributed by atoms with Crippen molar-refractivity contribution in [1.29, 1.82) is 0 Å². The lowest BCUT2D eigenvalue weighted by molar-refractivity contribution is 0.575. The Morgan fingerprint density at radius 1 is 1.11 bits per heavy atom. The molecule has 0 fully saturated rings. The zero-order valence-electron chi connectivity index (χ0n) is 10.1. The van der Waals surface area contributed by atoms with Crippen molar-refractivity contribution in [2.45, 2.75) is 6.04 Å². The summed E-state index contributed by atoms with van der Waals surface area (Å²) in [7, 11) is 1.79. The molecule has 19 heavy (non-hydrogen) atoms. The summed E-state index contributed by atoms with van der Waals surface area (Å²) < 4.78 is 15.6. The van der Waals surface area contributed by atoms with E-state index in [9.17, 15) is 4.39 Å². The van der Waals surface area contributed by atoms with Crippen LogP contribution in [-0.4, -0.2) is 7.05 Å². The van der Waals surface area contributed by atoms with Crippen LogP contribution in [0.1, 0.15) is 17.2 Å². The number of hydrogen-bond donors (Lipinski definition) is 1. The SMILES string of the molecule is CNC(c1cc(Cl)c(Br)cc1F)c1ccccc1Br. The zero-order valence-corrected chi connectivity index (χ0v) is 14.0. The van der Waals surface area contributed by atoms with Gasteiger partial charge in [-0.05, 0) is 46.7 Å². The quantitative estimate of drug-likeness (QED) is 0.680. The number of rotatable bonds is 3. The van der Waals surface area contributed by atoms with Gasteiger partial charge in [-0.1, -0.05) is 45.7 Å². The molecule has 1 unspecified atom stereocenters. The lowest BCUT2D eigenvalue weighted by Crippen LogP contribution is -2.19. The highest BCUT2D eigenvalue weighted by Gasteiger charge is 2.19. The Balaban J connectivity index is 2.55. The average Bonchev–Trinajstić information content (AvgIpc) is 2.38. The molecule has 1 N–H and O–H groups in total.